The van der Waals surface area contributed by atoms with Gasteiger partial charge in [0.25, 0.3) is 0 Å². The Kier molecular flexibility index (Phi) is 2.64. The van der Waals surface area contributed by atoms with Crippen LogP contribution in [0.3, 0.4) is 0 Å². The van der Waals surface area contributed by atoms with E-state index in [4.69, 9.17) is 5.11 Å². The molecule has 84 valence electrons. The molecule has 1 aromatic carbocycles. The number of hydrogen-bond donors (Lipinski definition) is 2. The summed E-state index contributed by atoms with van der Waals surface area (Å²) in [6, 6.07) is 4.92. The molecule has 0 saturated heterocycles. The maximum absolute atomic E-state index is 11.5. The molecule has 0 unspecified atom stereocenters. The molecule has 16 heavy (non-hydrogen) atoms. The number of rotatable bonds is 3. The Balaban J connectivity index is 2.18. The third-order valence-corrected chi connectivity index (χ3v) is 2.68. The Bertz CT molecular complexity index is 450. The molecule has 1 saturated carbocycles. The average molecular weight is 219 g/mol. The number of carboxylic acids is 1. The second kappa shape index (κ2) is 3.96. The van der Waals surface area contributed by atoms with E-state index in [0.717, 1.165) is 12.8 Å². The summed E-state index contributed by atoms with van der Waals surface area (Å²) in [6.45, 7) is 1.73. The fourth-order valence-electron chi connectivity index (χ4n) is 1.52. The highest BCUT2D eigenvalue weighted by Gasteiger charge is 2.29. The van der Waals surface area contributed by atoms with Crippen LogP contribution in [-0.4, -0.2) is 17.0 Å². The zero-order chi connectivity index (χ0) is 11.7. The van der Waals surface area contributed by atoms with Crippen LogP contribution in [0.1, 0.15) is 28.8 Å². The number of nitrogens with one attached hydrogen (secondary N) is 1. The molecule has 0 aliphatic heterocycles. The largest absolute Gasteiger partial charge is 0.478 e. The minimum absolute atomic E-state index is 0.0137. The van der Waals surface area contributed by atoms with Crippen LogP contribution >= 0.6 is 0 Å². The molecule has 4 nitrogen and oxygen atoms in total. The summed E-state index contributed by atoms with van der Waals surface area (Å²) in [7, 11) is 0. The molecule has 2 rings (SSSR count). The van der Waals surface area contributed by atoms with E-state index < -0.39 is 5.97 Å². The second-order valence-electron chi connectivity index (χ2n) is 4.10. The van der Waals surface area contributed by atoms with E-state index in [9.17, 15) is 9.59 Å². The highest BCUT2D eigenvalue weighted by molar-refractivity contribution is 5.96. The van der Waals surface area contributed by atoms with Gasteiger partial charge in [-0.2, -0.15) is 0 Å². The van der Waals surface area contributed by atoms with Crippen molar-refractivity contribution in [3.8, 4) is 0 Å². The minimum Gasteiger partial charge on any atom is -0.478 e. The van der Waals surface area contributed by atoms with Crippen LogP contribution in [0, 0.1) is 12.8 Å². The van der Waals surface area contributed by atoms with Gasteiger partial charge in [-0.05, 0) is 37.5 Å². The molecule has 1 aliphatic rings. The fraction of sp³-hybridized carbons (Fsp3) is 0.333. The van der Waals surface area contributed by atoms with Gasteiger partial charge in [-0.25, -0.2) is 4.79 Å². The van der Waals surface area contributed by atoms with Gasteiger partial charge in [0.2, 0.25) is 5.91 Å². The van der Waals surface area contributed by atoms with E-state index >= 15 is 0 Å². The number of aromatic carboxylic acids is 1. The Labute approximate surface area is 93.3 Å². The lowest BCUT2D eigenvalue weighted by molar-refractivity contribution is -0.117. The van der Waals surface area contributed by atoms with E-state index in [1.165, 1.54) is 6.07 Å². The van der Waals surface area contributed by atoms with Crippen molar-refractivity contribution in [2.75, 3.05) is 5.32 Å². The molecule has 1 fully saturated rings. The van der Waals surface area contributed by atoms with Crippen molar-refractivity contribution in [3.63, 3.8) is 0 Å². The van der Waals surface area contributed by atoms with Crippen LogP contribution in [0.4, 0.5) is 5.69 Å². The molecule has 0 atom stereocenters. The summed E-state index contributed by atoms with van der Waals surface area (Å²) in [5, 5.41) is 11.7. The van der Waals surface area contributed by atoms with Crippen molar-refractivity contribution in [2.45, 2.75) is 19.8 Å². The number of carbonyl (C=O) groups is 2. The molecule has 0 aromatic heterocycles. The highest BCUT2D eigenvalue weighted by atomic mass is 16.4. The van der Waals surface area contributed by atoms with Gasteiger partial charge in [0.1, 0.15) is 0 Å². The van der Waals surface area contributed by atoms with Gasteiger partial charge < -0.3 is 10.4 Å². The van der Waals surface area contributed by atoms with E-state index in [0.29, 0.717) is 11.3 Å². The van der Waals surface area contributed by atoms with E-state index in [-0.39, 0.29) is 17.4 Å². The van der Waals surface area contributed by atoms with Crippen LogP contribution < -0.4 is 5.32 Å². The number of carbonyl (C=O) groups excluding carboxylic acids is 1. The van der Waals surface area contributed by atoms with Crippen LogP contribution in [0.15, 0.2) is 18.2 Å². The Morgan fingerprint density at radius 3 is 2.62 bits per heavy atom. The molecule has 0 bridgehead atoms. The molecule has 1 aromatic rings. The number of anilines is 1. The summed E-state index contributed by atoms with van der Waals surface area (Å²) >= 11 is 0. The van der Waals surface area contributed by atoms with Crippen molar-refractivity contribution in [1.82, 2.24) is 0 Å². The lowest BCUT2D eigenvalue weighted by atomic mass is 10.1. The zero-order valence-electron chi connectivity index (χ0n) is 8.99. The summed E-state index contributed by atoms with van der Waals surface area (Å²) in [5.41, 5.74) is 1.48. The van der Waals surface area contributed by atoms with Crippen LogP contribution in [0.2, 0.25) is 0 Å². The minimum atomic E-state index is -0.972. The molecular weight excluding hydrogens is 206 g/mol. The first-order valence-corrected chi connectivity index (χ1v) is 5.23. The van der Waals surface area contributed by atoms with Crippen molar-refractivity contribution in [3.05, 3.63) is 29.3 Å². The van der Waals surface area contributed by atoms with Gasteiger partial charge in [0, 0.05) is 11.6 Å². The van der Waals surface area contributed by atoms with Crippen molar-refractivity contribution >= 4 is 17.6 Å². The Morgan fingerprint density at radius 2 is 2.06 bits per heavy atom. The number of benzene rings is 1. The van der Waals surface area contributed by atoms with Gasteiger partial charge >= 0.3 is 5.97 Å². The average Bonchev–Trinajstić information content (AvgIpc) is 3.03. The molecule has 1 aliphatic carbocycles. The van der Waals surface area contributed by atoms with Crippen molar-refractivity contribution in [1.29, 1.82) is 0 Å². The standard InChI is InChI=1S/C12H13NO3/c1-7-2-5-9(6-10(7)12(15)16)13-11(14)8-3-4-8/h2,5-6,8H,3-4H2,1H3,(H,13,14)(H,15,16). The van der Waals surface area contributed by atoms with Crippen molar-refractivity contribution < 1.29 is 14.7 Å². The first kappa shape index (κ1) is 10.7. The maximum atomic E-state index is 11.5. The van der Waals surface area contributed by atoms with E-state index in [1.807, 2.05) is 0 Å². The number of aryl methyl sites for hydroxylation is 1. The molecular formula is C12H13NO3. The zero-order valence-corrected chi connectivity index (χ0v) is 8.99. The lowest BCUT2D eigenvalue weighted by Gasteiger charge is -2.07. The van der Waals surface area contributed by atoms with Gasteiger partial charge in [0.15, 0.2) is 0 Å². The molecule has 0 heterocycles. The predicted octanol–water partition coefficient (Wildman–Crippen LogP) is 2.04. The summed E-state index contributed by atoms with van der Waals surface area (Å²) in [6.07, 6.45) is 1.87. The summed E-state index contributed by atoms with van der Waals surface area (Å²) in [5.74, 6) is -0.866. The SMILES string of the molecule is Cc1ccc(NC(=O)C2CC2)cc1C(=O)O. The highest BCUT2D eigenvalue weighted by Crippen LogP contribution is 2.30. The smallest absolute Gasteiger partial charge is 0.336 e. The van der Waals surface area contributed by atoms with E-state index in [2.05, 4.69) is 5.32 Å². The first-order chi connectivity index (χ1) is 7.58. The summed E-state index contributed by atoms with van der Waals surface area (Å²) in [4.78, 5) is 22.4. The van der Waals surface area contributed by atoms with Crippen LogP contribution in [0.5, 0.6) is 0 Å². The molecule has 4 heteroatoms. The third-order valence-electron chi connectivity index (χ3n) is 2.68. The van der Waals surface area contributed by atoms with Crippen molar-refractivity contribution in [2.24, 2.45) is 5.92 Å². The number of carboxylic acid groups (broad SMARTS) is 1. The lowest BCUT2D eigenvalue weighted by Crippen LogP contribution is -2.14. The molecule has 2 N–H and O–H groups in total. The van der Waals surface area contributed by atoms with Gasteiger partial charge in [0.05, 0.1) is 5.56 Å². The van der Waals surface area contributed by atoms with Gasteiger partial charge in [-0.3, -0.25) is 4.79 Å². The third kappa shape index (κ3) is 2.21. The van der Waals surface area contributed by atoms with Crippen LogP contribution in [-0.2, 0) is 4.79 Å². The normalized spacial score (nSPS) is 14.6. The summed E-state index contributed by atoms with van der Waals surface area (Å²) < 4.78 is 0. The topological polar surface area (TPSA) is 66.4 Å². The quantitative estimate of drug-likeness (QED) is 0.817. The monoisotopic (exact) mass is 219 g/mol. The van der Waals surface area contributed by atoms with Gasteiger partial charge in [-0.1, -0.05) is 6.07 Å². The molecule has 0 spiro atoms. The first-order valence-electron chi connectivity index (χ1n) is 5.23. The Morgan fingerprint density at radius 1 is 1.38 bits per heavy atom. The van der Waals surface area contributed by atoms with Crippen LogP contribution in [0.25, 0.3) is 0 Å². The number of amides is 1. The predicted molar refractivity (Wildman–Crippen MR) is 59.5 cm³/mol. The van der Waals surface area contributed by atoms with Gasteiger partial charge in [-0.15, -0.1) is 0 Å². The maximum Gasteiger partial charge on any atom is 0.336 e. The number of hydrogen-bond acceptors (Lipinski definition) is 2. The Hall–Kier alpha value is -1.84. The molecule has 1 amide bonds. The van der Waals surface area contributed by atoms with E-state index in [1.54, 1.807) is 19.1 Å². The fourth-order valence-corrected chi connectivity index (χ4v) is 1.52. The molecule has 0 radical (unpaired) electrons. The second-order valence-corrected chi connectivity index (χ2v) is 4.10.